The molecule has 1 aromatic carbocycles. The molecule has 4 nitrogen and oxygen atoms in total. The van der Waals surface area contributed by atoms with Gasteiger partial charge in [0.05, 0.1) is 6.54 Å². The number of hydrogen-bond acceptors (Lipinski definition) is 3. The van der Waals surface area contributed by atoms with Crippen LogP contribution in [0, 0.1) is 0 Å². The molecule has 3 rings (SSSR count). The number of carbonyl (C=O) groups is 2. The van der Waals surface area contributed by atoms with Gasteiger partial charge in [0.15, 0.2) is 0 Å². The van der Waals surface area contributed by atoms with E-state index in [0.717, 1.165) is 12.8 Å². The maximum absolute atomic E-state index is 12.7. The van der Waals surface area contributed by atoms with Crippen LogP contribution in [0.3, 0.4) is 0 Å². The Labute approximate surface area is 122 Å². The molecule has 1 saturated carbocycles. The van der Waals surface area contributed by atoms with Gasteiger partial charge in [0.25, 0.3) is 5.91 Å². The Bertz CT molecular complexity index is 552. The number of ether oxygens (including phenoxy) is 1. The Morgan fingerprint density at radius 1 is 1.30 bits per heavy atom. The second-order valence-electron chi connectivity index (χ2n) is 5.34. The van der Waals surface area contributed by atoms with E-state index in [9.17, 15) is 9.59 Å². The van der Waals surface area contributed by atoms with Gasteiger partial charge in [0, 0.05) is 10.6 Å². The highest BCUT2D eigenvalue weighted by Crippen LogP contribution is 2.39. The molecular weight excluding hydrogens is 278 g/mol. The summed E-state index contributed by atoms with van der Waals surface area (Å²) in [5.41, 5.74) is -0.226. The summed E-state index contributed by atoms with van der Waals surface area (Å²) in [6.45, 7) is 0.726. The van der Waals surface area contributed by atoms with E-state index in [2.05, 4.69) is 0 Å². The Hall–Kier alpha value is -1.55. The number of nitrogens with zero attached hydrogens (tertiary/aromatic N) is 1. The number of halogens is 1. The first-order valence-electron chi connectivity index (χ1n) is 6.88. The Balaban J connectivity index is 1.94. The van der Waals surface area contributed by atoms with Crippen LogP contribution in [0.4, 0.5) is 0 Å². The molecule has 2 fully saturated rings. The van der Waals surface area contributed by atoms with E-state index in [1.165, 1.54) is 0 Å². The van der Waals surface area contributed by atoms with E-state index in [1.54, 1.807) is 29.2 Å². The third kappa shape index (κ3) is 2.08. The normalized spacial score (nSPS) is 21.1. The van der Waals surface area contributed by atoms with E-state index >= 15 is 0 Å². The molecule has 0 atom stereocenters. The van der Waals surface area contributed by atoms with Gasteiger partial charge in [0.1, 0.15) is 12.1 Å². The van der Waals surface area contributed by atoms with Crippen LogP contribution in [0.25, 0.3) is 0 Å². The predicted molar refractivity (Wildman–Crippen MR) is 74.6 cm³/mol. The lowest BCUT2D eigenvalue weighted by atomic mass is 9.92. The average molecular weight is 294 g/mol. The summed E-state index contributed by atoms with van der Waals surface area (Å²) in [6.07, 6.45) is 3.29. The molecule has 1 heterocycles. The maximum atomic E-state index is 12.7. The molecule has 0 radical (unpaired) electrons. The smallest absolute Gasteiger partial charge is 0.332 e. The number of rotatable bonds is 1. The van der Waals surface area contributed by atoms with Crippen LogP contribution in [0.2, 0.25) is 5.02 Å². The molecule has 1 aliphatic heterocycles. The molecule has 0 unspecified atom stereocenters. The molecule has 0 aromatic heterocycles. The summed E-state index contributed by atoms with van der Waals surface area (Å²) in [6, 6.07) is 6.86. The lowest BCUT2D eigenvalue weighted by Gasteiger charge is -2.42. The topological polar surface area (TPSA) is 46.6 Å². The fraction of sp³-hybridized carbons (Fsp3) is 0.467. The number of amides is 1. The van der Waals surface area contributed by atoms with E-state index in [1.807, 2.05) is 0 Å². The van der Waals surface area contributed by atoms with Crippen LogP contribution in [0.5, 0.6) is 0 Å². The molecule has 1 aliphatic carbocycles. The molecule has 20 heavy (non-hydrogen) atoms. The number of morpholine rings is 1. The van der Waals surface area contributed by atoms with Crippen molar-refractivity contribution in [1.29, 1.82) is 0 Å². The highest BCUT2D eigenvalue weighted by atomic mass is 35.5. The minimum atomic E-state index is -0.752. The van der Waals surface area contributed by atoms with Crippen molar-refractivity contribution in [1.82, 2.24) is 4.90 Å². The van der Waals surface area contributed by atoms with Gasteiger partial charge in [0.2, 0.25) is 0 Å². The maximum Gasteiger partial charge on any atom is 0.332 e. The fourth-order valence-electron chi connectivity index (χ4n) is 3.20. The van der Waals surface area contributed by atoms with Gasteiger partial charge >= 0.3 is 5.97 Å². The van der Waals surface area contributed by atoms with Crippen molar-refractivity contribution < 1.29 is 14.3 Å². The van der Waals surface area contributed by atoms with Gasteiger partial charge in [-0.3, -0.25) is 4.79 Å². The predicted octanol–water partition coefficient (Wildman–Crippen LogP) is 2.65. The molecule has 2 aliphatic rings. The van der Waals surface area contributed by atoms with Crippen molar-refractivity contribution in [2.24, 2.45) is 0 Å². The first-order chi connectivity index (χ1) is 9.63. The van der Waals surface area contributed by atoms with Crippen LogP contribution < -0.4 is 0 Å². The van der Waals surface area contributed by atoms with E-state index < -0.39 is 5.54 Å². The van der Waals surface area contributed by atoms with Crippen molar-refractivity contribution in [3.63, 3.8) is 0 Å². The van der Waals surface area contributed by atoms with Crippen molar-refractivity contribution in [3.05, 3.63) is 34.9 Å². The summed E-state index contributed by atoms with van der Waals surface area (Å²) in [5, 5.41) is 0.524. The summed E-state index contributed by atoms with van der Waals surface area (Å²) in [4.78, 5) is 26.6. The van der Waals surface area contributed by atoms with Crippen LogP contribution in [-0.2, 0) is 9.53 Å². The molecule has 1 spiro atoms. The quantitative estimate of drug-likeness (QED) is 0.748. The fourth-order valence-corrected chi connectivity index (χ4v) is 3.39. The van der Waals surface area contributed by atoms with Gasteiger partial charge in [-0.2, -0.15) is 0 Å². The van der Waals surface area contributed by atoms with Crippen LogP contribution in [0.15, 0.2) is 24.3 Å². The molecular formula is C15H16ClNO3. The average Bonchev–Trinajstić information content (AvgIpc) is 2.92. The largest absolute Gasteiger partial charge is 0.462 e. The Kier molecular flexibility index (Phi) is 3.42. The highest BCUT2D eigenvalue weighted by Gasteiger charge is 2.51. The Morgan fingerprint density at radius 2 is 2.05 bits per heavy atom. The van der Waals surface area contributed by atoms with Crippen molar-refractivity contribution in [3.8, 4) is 0 Å². The lowest BCUT2D eigenvalue weighted by molar-refractivity contribution is -0.164. The third-order valence-corrected chi connectivity index (χ3v) is 4.43. The molecule has 0 N–H and O–H groups in total. The third-order valence-electron chi connectivity index (χ3n) is 4.19. The second kappa shape index (κ2) is 5.09. The Morgan fingerprint density at radius 3 is 2.75 bits per heavy atom. The second-order valence-corrected chi connectivity index (χ2v) is 5.78. The SMILES string of the molecule is O=C(c1cccc(Cl)c1)N1CCOC(=O)C12CCCC2. The summed E-state index contributed by atoms with van der Waals surface area (Å²) in [5.74, 6) is -0.386. The van der Waals surface area contributed by atoms with Crippen LogP contribution in [0.1, 0.15) is 36.0 Å². The zero-order valence-corrected chi connectivity index (χ0v) is 11.9. The monoisotopic (exact) mass is 293 g/mol. The van der Waals surface area contributed by atoms with E-state index in [0.29, 0.717) is 30.0 Å². The lowest BCUT2D eigenvalue weighted by Crippen LogP contribution is -2.60. The molecule has 1 amide bonds. The number of hydrogen-bond donors (Lipinski definition) is 0. The standard InChI is InChI=1S/C15H16ClNO3/c16-12-5-3-4-11(10-12)13(18)17-8-9-20-14(19)15(17)6-1-2-7-15/h3-5,10H,1-2,6-9H2. The molecule has 1 saturated heterocycles. The zero-order valence-electron chi connectivity index (χ0n) is 11.1. The minimum Gasteiger partial charge on any atom is -0.462 e. The van der Waals surface area contributed by atoms with Gasteiger partial charge < -0.3 is 9.64 Å². The summed E-state index contributed by atoms with van der Waals surface area (Å²) in [7, 11) is 0. The number of esters is 1. The van der Waals surface area contributed by atoms with E-state index in [-0.39, 0.29) is 18.5 Å². The van der Waals surface area contributed by atoms with Crippen LogP contribution >= 0.6 is 11.6 Å². The number of cyclic esters (lactones) is 1. The van der Waals surface area contributed by atoms with Crippen molar-refractivity contribution in [2.75, 3.05) is 13.2 Å². The number of carbonyl (C=O) groups excluding carboxylic acids is 2. The minimum absolute atomic E-state index is 0.133. The van der Waals surface area contributed by atoms with Crippen molar-refractivity contribution in [2.45, 2.75) is 31.2 Å². The molecule has 1 aromatic rings. The first-order valence-corrected chi connectivity index (χ1v) is 7.26. The zero-order chi connectivity index (χ0) is 14.2. The van der Waals surface area contributed by atoms with Gasteiger partial charge in [-0.1, -0.05) is 30.5 Å². The molecule has 106 valence electrons. The molecule has 5 heteroatoms. The summed E-state index contributed by atoms with van der Waals surface area (Å²) < 4.78 is 5.20. The van der Waals surface area contributed by atoms with Crippen molar-refractivity contribution >= 4 is 23.5 Å². The number of benzene rings is 1. The van der Waals surface area contributed by atoms with Gasteiger partial charge in [-0.05, 0) is 31.0 Å². The summed E-state index contributed by atoms with van der Waals surface area (Å²) >= 11 is 5.95. The van der Waals surface area contributed by atoms with Gasteiger partial charge in [-0.25, -0.2) is 4.79 Å². The molecule has 0 bridgehead atoms. The van der Waals surface area contributed by atoms with E-state index in [4.69, 9.17) is 16.3 Å². The van der Waals surface area contributed by atoms with Gasteiger partial charge in [-0.15, -0.1) is 0 Å². The van der Waals surface area contributed by atoms with Crippen LogP contribution in [-0.4, -0.2) is 35.5 Å². The highest BCUT2D eigenvalue weighted by molar-refractivity contribution is 6.31. The first kappa shape index (κ1) is 13.4.